The van der Waals surface area contributed by atoms with E-state index < -0.39 is 10.8 Å². The highest BCUT2D eigenvalue weighted by Gasteiger charge is 2.22. The van der Waals surface area contributed by atoms with E-state index in [-0.39, 0.29) is 17.3 Å². The van der Waals surface area contributed by atoms with Gasteiger partial charge in [-0.3, -0.25) is 20.0 Å². The predicted octanol–water partition coefficient (Wildman–Crippen LogP) is 2.14. The molecule has 2 aromatic heterocycles. The lowest BCUT2D eigenvalue weighted by Crippen LogP contribution is -2.15. The van der Waals surface area contributed by atoms with Crippen molar-refractivity contribution in [3.63, 3.8) is 0 Å². The molecule has 1 atom stereocenters. The van der Waals surface area contributed by atoms with Gasteiger partial charge in [-0.2, -0.15) is 5.10 Å². The predicted molar refractivity (Wildman–Crippen MR) is 87.5 cm³/mol. The molecule has 0 saturated carbocycles. The first-order valence-electron chi connectivity index (χ1n) is 7.10. The highest BCUT2D eigenvalue weighted by atomic mass is 16.6. The number of H-pyrrole nitrogens is 1. The molecule has 9 heteroatoms. The smallest absolute Gasteiger partial charge is 0.282 e. The van der Waals surface area contributed by atoms with Gasteiger partial charge < -0.3 is 11.1 Å². The summed E-state index contributed by atoms with van der Waals surface area (Å²) in [6, 6.07) is 5.55. The molecule has 0 aliphatic rings. The van der Waals surface area contributed by atoms with E-state index in [1.165, 1.54) is 24.5 Å². The molecule has 0 spiro atoms. The molecule has 3 aromatic rings. The zero-order valence-corrected chi connectivity index (χ0v) is 12.7. The first-order chi connectivity index (χ1) is 11.5. The maximum absolute atomic E-state index is 12.5. The van der Waals surface area contributed by atoms with Gasteiger partial charge in [0.25, 0.3) is 11.6 Å². The van der Waals surface area contributed by atoms with Crippen LogP contribution < -0.4 is 11.1 Å². The number of nitrogens with two attached hydrogens (primary N) is 1. The lowest BCUT2D eigenvalue weighted by Gasteiger charge is -2.09. The van der Waals surface area contributed by atoms with Gasteiger partial charge in [0, 0.05) is 18.3 Å². The molecule has 2 heterocycles. The Kier molecular flexibility index (Phi) is 3.92. The molecule has 0 aliphatic heterocycles. The first kappa shape index (κ1) is 15.6. The molecule has 0 bridgehead atoms. The van der Waals surface area contributed by atoms with Gasteiger partial charge in [-0.15, -0.1) is 0 Å². The molecule has 24 heavy (non-hydrogen) atoms. The largest absolute Gasteiger partial charge is 0.324 e. The van der Waals surface area contributed by atoms with Crippen LogP contribution in [0.2, 0.25) is 0 Å². The van der Waals surface area contributed by atoms with Crippen LogP contribution in [0.5, 0.6) is 0 Å². The molecule has 1 aromatic carbocycles. The molecule has 9 nitrogen and oxygen atoms in total. The number of nitrogens with one attached hydrogen (secondary N) is 2. The van der Waals surface area contributed by atoms with Gasteiger partial charge in [0.2, 0.25) is 0 Å². The fraction of sp³-hybridized carbons (Fsp3) is 0.133. The number of rotatable bonds is 4. The monoisotopic (exact) mass is 326 g/mol. The second-order valence-corrected chi connectivity index (χ2v) is 5.27. The second kappa shape index (κ2) is 6.05. The van der Waals surface area contributed by atoms with E-state index in [2.05, 4.69) is 20.5 Å². The maximum atomic E-state index is 12.5. The minimum absolute atomic E-state index is 0.0437. The van der Waals surface area contributed by atoms with Gasteiger partial charge in [0.15, 0.2) is 5.65 Å². The van der Waals surface area contributed by atoms with Gasteiger partial charge in [-0.05, 0) is 24.6 Å². The van der Waals surface area contributed by atoms with Crippen LogP contribution in [0.15, 0.2) is 36.7 Å². The van der Waals surface area contributed by atoms with Crippen molar-refractivity contribution in [2.75, 3.05) is 5.32 Å². The van der Waals surface area contributed by atoms with Crippen LogP contribution in [-0.4, -0.2) is 26.0 Å². The Bertz CT molecular complexity index is 934. The van der Waals surface area contributed by atoms with Crippen molar-refractivity contribution >= 4 is 28.3 Å². The number of nitro groups is 1. The summed E-state index contributed by atoms with van der Waals surface area (Å²) < 4.78 is 0. The van der Waals surface area contributed by atoms with Crippen LogP contribution in [0.3, 0.4) is 0 Å². The summed E-state index contributed by atoms with van der Waals surface area (Å²) in [6.45, 7) is 1.71. The number of anilines is 1. The Morgan fingerprint density at radius 3 is 2.92 bits per heavy atom. The van der Waals surface area contributed by atoms with E-state index in [1.807, 2.05) is 0 Å². The summed E-state index contributed by atoms with van der Waals surface area (Å²) in [6.07, 6.45) is 3.02. The number of benzene rings is 1. The third kappa shape index (κ3) is 2.79. The normalized spacial score (nSPS) is 12.1. The molecule has 1 unspecified atom stereocenters. The number of fused-ring (bicyclic) bond motifs is 1. The van der Waals surface area contributed by atoms with Crippen LogP contribution in [0.4, 0.5) is 11.4 Å². The van der Waals surface area contributed by atoms with Crippen molar-refractivity contribution < 1.29 is 9.72 Å². The van der Waals surface area contributed by atoms with Crippen LogP contribution in [0.25, 0.3) is 11.0 Å². The number of pyridine rings is 1. The number of nitro benzene ring substituents is 1. The number of aromatic nitrogens is 3. The number of aromatic amines is 1. The number of carbonyl (C=O) groups excluding carboxylic acids is 1. The average Bonchev–Trinajstić information content (AvgIpc) is 3.03. The van der Waals surface area contributed by atoms with E-state index in [0.29, 0.717) is 22.3 Å². The summed E-state index contributed by atoms with van der Waals surface area (Å²) in [4.78, 5) is 27.2. The first-order valence-corrected chi connectivity index (χ1v) is 7.10. The Morgan fingerprint density at radius 1 is 1.42 bits per heavy atom. The van der Waals surface area contributed by atoms with Gasteiger partial charge in [0.05, 0.1) is 22.2 Å². The number of hydrogen-bond acceptors (Lipinski definition) is 6. The van der Waals surface area contributed by atoms with Gasteiger partial charge >= 0.3 is 0 Å². The third-order valence-electron chi connectivity index (χ3n) is 3.59. The van der Waals surface area contributed by atoms with Crippen molar-refractivity contribution in [3.8, 4) is 0 Å². The van der Waals surface area contributed by atoms with Crippen molar-refractivity contribution in [1.29, 1.82) is 0 Å². The maximum Gasteiger partial charge on any atom is 0.282 e. The van der Waals surface area contributed by atoms with E-state index >= 15 is 0 Å². The molecule has 0 aliphatic carbocycles. The summed E-state index contributed by atoms with van der Waals surface area (Å²) in [7, 11) is 0. The highest BCUT2D eigenvalue weighted by Crippen LogP contribution is 2.25. The summed E-state index contributed by atoms with van der Waals surface area (Å²) >= 11 is 0. The number of carbonyl (C=O) groups is 1. The SMILES string of the molecule is CC(N)c1ccc(C(=O)Nc2ccnc3[nH]ncc23)c([N+](=O)[O-])c1. The van der Waals surface area contributed by atoms with Crippen molar-refractivity contribution in [2.45, 2.75) is 13.0 Å². The fourth-order valence-corrected chi connectivity index (χ4v) is 2.32. The Balaban J connectivity index is 1.98. The Labute approximate surface area is 136 Å². The standard InChI is InChI=1S/C15H14N6O3/c1-8(16)9-2-3-10(13(6-9)21(23)24)15(22)19-12-4-5-17-14-11(12)7-18-20-14/h2-8H,16H2,1H3,(H2,17,18,19,20,22). The minimum Gasteiger partial charge on any atom is -0.324 e. The quantitative estimate of drug-likeness (QED) is 0.495. The molecule has 0 saturated heterocycles. The molecule has 1 amide bonds. The Hall–Kier alpha value is -3.33. The Morgan fingerprint density at radius 2 is 2.21 bits per heavy atom. The average molecular weight is 326 g/mol. The zero-order chi connectivity index (χ0) is 17.3. The highest BCUT2D eigenvalue weighted by molar-refractivity contribution is 6.10. The van der Waals surface area contributed by atoms with Crippen molar-refractivity contribution in [2.24, 2.45) is 5.73 Å². The second-order valence-electron chi connectivity index (χ2n) is 5.27. The molecule has 0 fully saturated rings. The molecular weight excluding hydrogens is 312 g/mol. The number of amides is 1. The summed E-state index contributed by atoms with van der Waals surface area (Å²) in [5.41, 5.74) is 6.96. The number of nitrogens with zero attached hydrogens (tertiary/aromatic N) is 3. The molecule has 122 valence electrons. The lowest BCUT2D eigenvalue weighted by atomic mass is 10.0. The molecule has 0 radical (unpaired) electrons. The molecule has 3 rings (SSSR count). The van der Waals surface area contributed by atoms with Gasteiger partial charge in [0.1, 0.15) is 5.56 Å². The van der Waals surface area contributed by atoms with E-state index in [4.69, 9.17) is 5.73 Å². The van der Waals surface area contributed by atoms with Crippen LogP contribution >= 0.6 is 0 Å². The topological polar surface area (TPSA) is 140 Å². The van der Waals surface area contributed by atoms with Crippen molar-refractivity contribution in [3.05, 3.63) is 57.9 Å². The summed E-state index contributed by atoms with van der Waals surface area (Å²) in [5, 5.41) is 21.1. The lowest BCUT2D eigenvalue weighted by molar-refractivity contribution is -0.385. The third-order valence-corrected chi connectivity index (χ3v) is 3.59. The zero-order valence-electron chi connectivity index (χ0n) is 12.7. The fourth-order valence-electron chi connectivity index (χ4n) is 2.32. The van der Waals surface area contributed by atoms with Crippen LogP contribution in [-0.2, 0) is 0 Å². The molecular formula is C15H14N6O3. The van der Waals surface area contributed by atoms with Crippen LogP contribution in [0.1, 0.15) is 28.9 Å². The van der Waals surface area contributed by atoms with E-state index in [0.717, 1.165) is 0 Å². The van der Waals surface area contributed by atoms with E-state index in [1.54, 1.807) is 19.1 Å². The van der Waals surface area contributed by atoms with Gasteiger partial charge in [-0.25, -0.2) is 4.98 Å². The van der Waals surface area contributed by atoms with Crippen LogP contribution in [0, 0.1) is 10.1 Å². The van der Waals surface area contributed by atoms with E-state index in [9.17, 15) is 14.9 Å². The number of hydrogen-bond donors (Lipinski definition) is 3. The minimum atomic E-state index is -0.596. The van der Waals surface area contributed by atoms with Gasteiger partial charge in [-0.1, -0.05) is 6.07 Å². The summed E-state index contributed by atoms with van der Waals surface area (Å²) in [5.74, 6) is -0.591. The van der Waals surface area contributed by atoms with Crippen molar-refractivity contribution in [1.82, 2.24) is 15.2 Å². The molecule has 4 N–H and O–H groups in total.